The summed E-state index contributed by atoms with van der Waals surface area (Å²) in [5.74, 6) is 0. The minimum Gasteiger partial charge on any atom is -0.256 e. The molecular formula is C51H43N. The molecule has 1 nitrogen and oxygen atoms in total. The Morgan fingerprint density at radius 2 is 1.17 bits per heavy atom. The fourth-order valence-corrected chi connectivity index (χ4v) is 7.67. The Morgan fingerprint density at radius 3 is 1.87 bits per heavy atom. The van der Waals surface area contributed by atoms with Gasteiger partial charge in [0.25, 0.3) is 0 Å². The normalized spacial score (nSPS) is 12.3. The van der Waals surface area contributed by atoms with Crippen molar-refractivity contribution in [2.45, 2.75) is 40.0 Å². The molecule has 0 aliphatic carbocycles. The lowest BCUT2D eigenvalue weighted by atomic mass is 9.83. The van der Waals surface area contributed by atoms with Gasteiger partial charge in [-0.2, -0.15) is 0 Å². The summed E-state index contributed by atoms with van der Waals surface area (Å²) in [6.07, 6.45) is 16.0. The van der Waals surface area contributed by atoms with Crippen molar-refractivity contribution >= 4 is 48.7 Å². The third-order valence-corrected chi connectivity index (χ3v) is 10.4. The van der Waals surface area contributed by atoms with E-state index in [1.807, 2.05) is 6.20 Å². The first-order valence-corrected chi connectivity index (χ1v) is 18.6. The molecule has 0 radical (unpaired) electrons. The molecule has 0 fully saturated rings. The van der Waals surface area contributed by atoms with Gasteiger partial charge < -0.3 is 0 Å². The van der Waals surface area contributed by atoms with Gasteiger partial charge in [-0.15, -0.1) is 0 Å². The van der Waals surface area contributed by atoms with Crippen LogP contribution in [0.1, 0.15) is 44.7 Å². The van der Waals surface area contributed by atoms with Crippen LogP contribution in [-0.4, -0.2) is 4.98 Å². The van der Waals surface area contributed by atoms with Gasteiger partial charge in [-0.3, -0.25) is 4.98 Å². The maximum Gasteiger partial charge on any atom is 0.0714 e. The molecule has 0 saturated carbocycles. The zero-order chi connectivity index (χ0) is 35.4. The number of hydrogen-bond donors (Lipinski definition) is 0. The predicted molar refractivity (Wildman–Crippen MR) is 227 cm³/mol. The molecule has 0 amide bonds. The van der Waals surface area contributed by atoms with E-state index in [4.69, 9.17) is 4.98 Å². The fourth-order valence-electron chi connectivity index (χ4n) is 7.67. The number of hydrogen-bond acceptors (Lipinski definition) is 1. The smallest absolute Gasteiger partial charge is 0.0714 e. The molecule has 7 aromatic carbocycles. The molecule has 0 aliphatic rings. The van der Waals surface area contributed by atoms with Crippen molar-refractivity contribution in [3.8, 4) is 33.5 Å². The summed E-state index contributed by atoms with van der Waals surface area (Å²) in [6.45, 7) is 6.58. The largest absolute Gasteiger partial charge is 0.256 e. The predicted octanol–water partition coefficient (Wildman–Crippen LogP) is 14.6. The van der Waals surface area contributed by atoms with E-state index in [1.54, 1.807) is 0 Å². The minimum absolute atomic E-state index is 0.979. The lowest BCUT2D eigenvalue weighted by molar-refractivity contribution is 0.959. The topological polar surface area (TPSA) is 12.9 Å². The summed E-state index contributed by atoms with van der Waals surface area (Å²) in [4.78, 5) is 4.89. The number of aryl methyl sites for hydroxylation is 1. The highest BCUT2D eigenvalue weighted by molar-refractivity contribution is 6.24. The quantitative estimate of drug-likeness (QED) is 0.110. The Morgan fingerprint density at radius 1 is 0.558 bits per heavy atom. The molecule has 0 unspecified atom stereocenters. The van der Waals surface area contributed by atoms with E-state index < -0.39 is 0 Å². The number of benzene rings is 7. The summed E-state index contributed by atoms with van der Waals surface area (Å²) < 4.78 is 0. The first-order valence-electron chi connectivity index (χ1n) is 18.6. The van der Waals surface area contributed by atoms with Crippen molar-refractivity contribution < 1.29 is 0 Å². The molecule has 0 aliphatic heterocycles. The monoisotopic (exact) mass is 669 g/mol. The fraction of sp³-hybridized carbons (Fsp3) is 0.118. The SMILES string of the molecule is CCC/C=C/C=C\C=C(/C)c1ccnc(-c2ccc(-c3c4ccccc4c(-c4ccc5cc(CC)ccc5c4)c4ccccc34)c3ccccc23)c1. The van der Waals surface area contributed by atoms with E-state index in [0.29, 0.717) is 0 Å². The Labute approximate surface area is 307 Å². The number of nitrogens with zero attached hydrogens (tertiary/aromatic N) is 1. The maximum atomic E-state index is 4.89. The number of allylic oxidation sites excluding steroid dienone is 6. The lowest BCUT2D eigenvalue weighted by Gasteiger charge is -2.20. The molecule has 0 spiro atoms. The van der Waals surface area contributed by atoms with Crippen LogP contribution in [0.5, 0.6) is 0 Å². The van der Waals surface area contributed by atoms with Crippen molar-refractivity contribution in [3.63, 3.8) is 0 Å². The van der Waals surface area contributed by atoms with Crippen LogP contribution in [0.15, 0.2) is 170 Å². The van der Waals surface area contributed by atoms with Gasteiger partial charge in [0.2, 0.25) is 0 Å². The average Bonchev–Trinajstić information content (AvgIpc) is 3.20. The van der Waals surface area contributed by atoms with Gasteiger partial charge in [-0.25, -0.2) is 0 Å². The molecule has 252 valence electrons. The summed E-state index contributed by atoms with van der Waals surface area (Å²) in [5.41, 5.74) is 10.9. The van der Waals surface area contributed by atoms with Crippen LogP contribution in [0.2, 0.25) is 0 Å². The third-order valence-electron chi connectivity index (χ3n) is 10.4. The highest BCUT2D eigenvalue weighted by atomic mass is 14.7. The summed E-state index contributed by atoms with van der Waals surface area (Å²) in [6, 6.07) is 49.4. The van der Waals surface area contributed by atoms with Crippen molar-refractivity contribution in [1.82, 2.24) is 4.98 Å². The molecule has 1 aromatic heterocycles. The number of aromatic nitrogens is 1. The van der Waals surface area contributed by atoms with E-state index in [1.165, 1.54) is 88.5 Å². The molecule has 0 N–H and O–H groups in total. The van der Waals surface area contributed by atoms with E-state index in [9.17, 15) is 0 Å². The number of unbranched alkanes of at least 4 members (excludes halogenated alkanes) is 1. The van der Waals surface area contributed by atoms with Gasteiger partial charge in [0.15, 0.2) is 0 Å². The van der Waals surface area contributed by atoms with Crippen molar-refractivity contribution in [3.05, 3.63) is 181 Å². The summed E-state index contributed by atoms with van der Waals surface area (Å²) in [5, 5.41) is 10.0. The van der Waals surface area contributed by atoms with Crippen LogP contribution in [0, 0.1) is 0 Å². The highest BCUT2D eigenvalue weighted by Crippen LogP contribution is 2.46. The van der Waals surface area contributed by atoms with Crippen LogP contribution in [-0.2, 0) is 6.42 Å². The second-order valence-electron chi connectivity index (χ2n) is 13.7. The summed E-state index contributed by atoms with van der Waals surface area (Å²) >= 11 is 0. The Bertz CT molecular complexity index is 2630. The third kappa shape index (κ3) is 6.24. The second kappa shape index (κ2) is 14.7. The zero-order valence-electron chi connectivity index (χ0n) is 30.2. The number of rotatable bonds is 9. The van der Waals surface area contributed by atoms with Crippen molar-refractivity contribution in [1.29, 1.82) is 0 Å². The first kappa shape index (κ1) is 33.1. The van der Waals surface area contributed by atoms with Crippen molar-refractivity contribution in [2.75, 3.05) is 0 Å². The van der Waals surface area contributed by atoms with Crippen LogP contribution in [0.25, 0.3) is 82.2 Å². The van der Waals surface area contributed by atoms with E-state index >= 15 is 0 Å². The Balaban J connectivity index is 1.29. The van der Waals surface area contributed by atoms with Gasteiger partial charge in [0.1, 0.15) is 0 Å². The second-order valence-corrected chi connectivity index (χ2v) is 13.7. The molecular weight excluding hydrogens is 627 g/mol. The molecule has 8 rings (SSSR count). The summed E-state index contributed by atoms with van der Waals surface area (Å²) in [7, 11) is 0. The lowest BCUT2D eigenvalue weighted by Crippen LogP contribution is -1.93. The van der Waals surface area contributed by atoms with Crippen LogP contribution >= 0.6 is 0 Å². The molecule has 0 saturated heterocycles. The van der Waals surface area contributed by atoms with Gasteiger partial charge in [-0.05, 0) is 120 Å². The Kier molecular flexibility index (Phi) is 9.34. The van der Waals surface area contributed by atoms with Crippen molar-refractivity contribution in [2.24, 2.45) is 0 Å². The first-order chi connectivity index (χ1) is 25.6. The molecule has 8 aromatic rings. The maximum absolute atomic E-state index is 4.89. The van der Waals surface area contributed by atoms with E-state index in [-0.39, 0.29) is 0 Å². The highest BCUT2D eigenvalue weighted by Gasteiger charge is 2.19. The Hall–Kier alpha value is -6.05. The van der Waals surface area contributed by atoms with Gasteiger partial charge in [0, 0.05) is 11.8 Å². The van der Waals surface area contributed by atoms with E-state index in [0.717, 1.165) is 24.1 Å². The zero-order valence-corrected chi connectivity index (χ0v) is 30.2. The molecule has 52 heavy (non-hydrogen) atoms. The molecule has 1 heteroatoms. The number of pyridine rings is 1. The van der Waals surface area contributed by atoms with Gasteiger partial charge >= 0.3 is 0 Å². The minimum atomic E-state index is 0.979. The van der Waals surface area contributed by atoms with E-state index in [2.05, 4.69) is 185 Å². The molecule has 1 heterocycles. The van der Waals surface area contributed by atoms with Crippen LogP contribution in [0.4, 0.5) is 0 Å². The average molecular weight is 670 g/mol. The number of fused-ring (bicyclic) bond motifs is 4. The van der Waals surface area contributed by atoms with Gasteiger partial charge in [0.05, 0.1) is 5.69 Å². The van der Waals surface area contributed by atoms with Gasteiger partial charge in [-0.1, -0.05) is 166 Å². The van der Waals surface area contributed by atoms with Crippen LogP contribution in [0.3, 0.4) is 0 Å². The molecule has 0 atom stereocenters. The van der Waals surface area contributed by atoms with Crippen LogP contribution < -0.4 is 0 Å². The standard InChI is InChI=1S/C51H43N/c1-4-6-7-8-9-10-17-35(3)37-30-31-52-49(34-37)43-28-29-48(42-19-12-11-18-41(42)43)51-46-22-15-13-20-44(46)50(45-21-14-16-23-47(45)51)40-27-26-38-32-36(5-2)24-25-39(38)33-40/h7-34H,4-6H2,1-3H3/b8-7+,10-9-,35-17+. The molecule has 0 bridgehead atoms.